The van der Waals surface area contributed by atoms with E-state index in [1.54, 1.807) is 48.5 Å². The van der Waals surface area contributed by atoms with Crippen molar-refractivity contribution in [1.29, 1.82) is 0 Å². The highest BCUT2D eigenvalue weighted by Gasteiger charge is 2.32. The Morgan fingerprint density at radius 2 is 1.15 bits per heavy atom. The minimum atomic E-state index is -0.612. The van der Waals surface area contributed by atoms with Gasteiger partial charge in [0.1, 0.15) is 24.7 Å². The first-order chi connectivity index (χ1) is 19.8. The molecule has 41 heavy (non-hydrogen) atoms. The standard InChI is InChI=1S/C31H34O10/c1-2-27(32)38-20-21-39-29(34)17-16-28(33)37-19-18-22-8-14-26(15-9-22)41-31(36)24-12-10-23(11-13-24)30(35)40-25-6-4-3-5-7-25/h2-9,14-15,23-24H,1,10-13,16-21H2. The van der Waals surface area contributed by atoms with Gasteiger partial charge < -0.3 is 23.7 Å². The fraction of sp³-hybridized carbons (Fsp3) is 0.387. The quantitative estimate of drug-likeness (QED) is 0.108. The lowest BCUT2D eigenvalue weighted by molar-refractivity contribution is -0.152. The van der Waals surface area contributed by atoms with Crippen LogP contribution >= 0.6 is 0 Å². The number of carbonyl (C=O) groups is 5. The number of esters is 5. The van der Waals surface area contributed by atoms with Crippen molar-refractivity contribution in [3.63, 3.8) is 0 Å². The van der Waals surface area contributed by atoms with Gasteiger partial charge in [-0.1, -0.05) is 36.9 Å². The Labute approximate surface area is 238 Å². The van der Waals surface area contributed by atoms with Crippen LogP contribution in [-0.4, -0.2) is 49.7 Å². The molecule has 0 aliphatic heterocycles. The average Bonchev–Trinajstić information content (AvgIpc) is 2.99. The van der Waals surface area contributed by atoms with E-state index in [1.165, 1.54) is 0 Å². The second kappa shape index (κ2) is 16.6. The maximum atomic E-state index is 12.6. The maximum absolute atomic E-state index is 12.6. The predicted octanol–water partition coefficient (Wildman–Crippen LogP) is 4.14. The molecule has 2 aromatic rings. The molecule has 218 valence electrons. The second-order valence-corrected chi connectivity index (χ2v) is 9.41. The van der Waals surface area contributed by atoms with Crippen LogP contribution in [0.15, 0.2) is 67.3 Å². The zero-order valence-electron chi connectivity index (χ0n) is 22.8. The molecule has 0 spiro atoms. The summed E-state index contributed by atoms with van der Waals surface area (Å²) in [5.74, 6) is -1.91. The van der Waals surface area contributed by atoms with Gasteiger partial charge in [-0.2, -0.15) is 0 Å². The van der Waals surface area contributed by atoms with Crippen molar-refractivity contribution in [3.8, 4) is 11.5 Å². The highest BCUT2D eigenvalue weighted by molar-refractivity contribution is 5.81. The Morgan fingerprint density at radius 1 is 0.659 bits per heavy atom. The summed E-state index contributed by atoms with van der Waals surface area (Å²) in [4.78, 5) is 59.4. The zero-order valence-corrected chi connectivity index (χ0v) is 22.8. The summed E-state index contributed by atoms with van der Waals surface area (Å²) in [6.07, 6.45) is 3.42. The summed E-state index contributed by atoms with van der Waals surface area (Å²) in [6, 6.07) is 15.9. The number of hydrogen-bond donors (Lipinski definition) is 0. The van der Waals surface area contributed by atoms with Gasteiger partial charge >= 0.3 is 29.8 Å². The van der Waals surface area contributed by atoms with Crippen molar-refractivity contribution in [3.05, 3.63) is 72.8 Å². The Balaban J connectivity index is 1.28. The molecule has 0 heterocycles. The molecule has 1 saturated carbocycles. The van der Waals surface area contributed by atoms with Crippen molar-refractivity contribution < 1.29 is 47.7 Å². The first-order valence-electron chi connectivity index (χ1n) is 13.5. The average molecular weight is 567 g/mol. The van der Waals surface area contributed by atoms with Gasteiger partial charge in [0, 0.05) is 12.5 Å². The van der Waals surface area contributed by atoms with Crippen LogP contribution in [0.25, 0.3) is 0 Å². The van der Waals surface area contributed by atoms with Crippen molar-refractivity contribution in [2.45, 2.75) is 44.9 Å². The molecule has 0 N–H and O–H groups in total. The molecule has 0 unspecified atom stereocenters. The van der Waals surface area contributed by atoms with Gasteiger partial charge in [-0.25, -0.2) is 4.79 Å². The van der Waals surface area contributed by atoms with Crippen LogP contribution in [0.2, 0.25) is 0 Å². The van der Waals surface area contributed by atoms with Gasteiger partial charge in [-0.15, -0.1) is 0 Å². The van der Waals surface area contributed by atoms with Crippen LogP contribution in [-0.2, 0) is 44.6 Å². The van der Waals surface area contributed by atoms with E-state index >= 15 is 0 Å². The van der Waals surface area contributed by atoms with Crippen molar-refractivity contribution in [2.75, 3.05) is 19.8 Å². The van der Waals surface area contributed by atoms with Crippen LogP contribution < -0.4 is 9.47 Å². The van der Waals surface area contributed by atoms with E-state index in [1.807, 2.05) is 6.07 Å². The van der Waals surface area contributed by atoms with E-state index in [2.05, 4.69) is 11.3 Å². The van der Waals surface area contributed by atoms with Gasteiger partial charge in [0.2, 0.25) is 0 Å². The normalized spacial score (nSPS) is 16.1. The molecule has 3 rings (SSSR count). The van der Waals surface area contributed by atoms with E-state index in [0.717, 1.165) is 11.6 Å². The largest absolute Gasteiger partial charge is 0.465 e. The minimum absolute atomic E-state index is 0.0897. The molecule has 0 radical (unpaired) electrons. The Kier molecular flexibility index (Phi) is 12.6. The van der Waals surface area contributed by atoms with E-state index < -0.39 is 17.9 Å². The number of rotatable bonds is 14. The van der Waals surface area contributed by atoms with Gasteiger partial charge in [-0.3, -0.25) is 19.2 Å². The Hall–Kier alpha value is -4.47. The molecule has 1 aliphatic rings. The van der Waals surface area contributed by atoms with Gasteiger partial charge in [0.25, 0.3) is 0 Å². The molecular formula is C31H34O10. The van der Waals surface area contributed by atoms with Crippen LogP contribution in [0.3, 0.4) is 0 Å². The molecule has 1 fully saturated rings. The van der Waals surface area contributed by atoms with E-state index in [4.69, 9.17) is 18.9 Å². The molecule has 1 aliphatic carbocycles. The fourth-order valence-corrected chi connectivity index (χ4v) is 4.16. The summed E-state index contributed by atoms with van der Waals surface area (Å²) in [6.45, 7) is 3.18. The number of carbonyl (C=O) groups excluding carboxylic acids is 5. The SMILES string of the molecule is C=CC(=O)OCCOC(=O)CCC(=O)OCCc1ccc(OC(=O)C2CCC(C(=O)Oc3ccccc3)CC2)cc1. The number of para-hydroxylation sites is 1. The number of ether oxygens (including phenoxy) is 5. The Bertz CT molecular complexity index is 1180. The molecule has 0 bridgehead atoms. The number of benzene rings is 2. The summed E-state index contributed by atoms with van der Waals surface area (Å²) in [7, 11) is 0. The van der Waals surface area contributed by atoms with Crippen molar-refractivity contribution in [2.24, 2.45) is 11.8 Å². The lowest BCUT2D eigenvalue weighted by atomic mass is 9.82. The molecule has 0 amide bonds. The minimum Gasteiger partial charge on any atom is -0.465 e. The third kappa shape index (κ3) is 11.3. The molecule has 10 heteroatoms. The highest BCUT2D eigenvalue weighted by atomic mass is 16.6. The molecule has 0 aromatic heterocycles. The molecule has 10 nitrogen and oxygen atoms in total. The molecule has 0 saturated heterocycles. The second-order valence-electron chi connectivity index (χ2n) is 9.41. The Morgan fingerprint density at radius 3 is 1.68 bits per heavy atom. The molecule has 2 aromatic carbocycles. The lowest BCUT2D eigenvalue weighted by Gasteiger charge is -2.25. The van der Waals surface area contributed by atoms with Crippen LogP contribution in [0.1, 0.15) is 44.1 Å². The topological polar surface area (TPSA) is 132 Å². The van der Waals surface area contributed by atoms with E-state index in [-0.39, 0.29) is 56.4 Å². The first-order valence-corrected chi connectivity index (χ1v) is 13.5. The molecular weight excluding hydrogens is 532 g/mol. The van der Waals surface area contributed by atoms with Gasteiger partial charge in [0.15, 0.2) is 0 Å². The fourth-order valence-electron chi connectivity index (χ4n) is 4.16. The third-order valence-electron chi connectivity index (χ3n) is 6.44. The summed E-state index contributed by atoms with van der Waals surface area (Å²) in [5.41, 5.74) is 0.878. The summed E-state index contributed by atoms with van der Waals surface area (Å²) < 4.78 is 25.7. The van der Waals surface area contributed by atoms with E-state index in [9.17, 15) is 24.0 Å². The van der Waals surface area contributed by atoms with Crippen LogP contribution in [0.4, 0.5) is 0 Å². The van der Waals surface area contributed by atoms with Crippen LogP contribution in [0, 0.1) is 11.8 Å². The lowest BCUT2D eigenvalue weighted by Crippen LogP contribution is -2.30. The highest BCUT2D eigenvalue weighted by Crippen LogP contribution is 2.31. The first kappa shape index (κ1) is 31.1. The monoisotopic (exact) mass is 566 g/mol. The summed E-state index contributed by atoms with van der Waals surface area (Å²) in [5, 5.41) is 0. The molecule has 0 atom stereocenters. The maximum Gasteiger partial charge on any atom is 0.330 e. The van der Waals surface area contributed by atoms with Crippen LogP contribution in [0.5, 0.6) is 11.5 Å². The summed E-state index contributed by atoms with van der Waals surface area (Å²) >= 11 is 0. The zero-order chi connectivity index (χ0) is 29.5. The predicted molar refractivity (Wildman–Crippen MR) is 146 cm³/mol. The van der Waals surface area contributed by atoms with E-state index in [0.29, 0.717) is 43.6 Å². The van der Waals surface area contributed by atoms with Gasteiger partial charge in [0.05, 0.1) is 31.3 Å². The smallest absolute Gasteiger partial charge is 0.330 e. The third-order valence-corrected chi connectivity index (χ3v) is 6.44. The number of hydrogen-bond acceptors (Lipinski definition) is 10. The van der Waals surface area contributed by atoms with Gasteiger partial charge in [-0.05, 0) is 55.5 Å². The van der Waals surface area contributed by atoms with Crippen molar-refractivity contribution in [1.82, 2.24) is 0 Å². The van der Waals surface area contributed by atoms with Crippen molar-refractivity contribution >= 4 is 29.8 Å².